The van der Waals surface area contributed by atoms with Crippen molar-refractivity contribution in [2.75, 3.05) is 13.2 Å². The Balaban J connectivity index is 1.80. The van der Waals surface area contributed by atoms with E-state index in [4.69, 9.17) is 16.3 Å². The molecule has 0 aliphatic carbocycles. The first-order chi connectivity index (χ1) is 10.1. The van der Waals surface area contributed by atoms with Crippen molar-refractivity contribution in [2.24, 2.45) is 0 Å². The lowest BCUT2D eigenvalue weighted by molar-refractivity contribution is -0.137. The summed E-state index contributed by atoms with van der Waals surface area (Å²) in [7, 11) is 0. The fourth-order valence-corrected chi connectivity index (χ4v) is 2.94. The van der Waals surface area contributed by atoms with E-state index < -0.39 is 0 Å². The molecule has 1 saturated heterocycles. The second kappa shape index (κ2) is 7.78. The number of aliphatic hydroxyl groups excluding tert-OH is 1. The molecule has 1 aromatic rings. The molecule has 1 aliphatic rings. The van der Waals surface area contributed by atoms with Crippen LogP contribution < -0.4 is 0 Å². The van der Waals surface area contributed by atoms with Gasteiger partial charge in [-0.2, -0.15) is 0 Å². The summed E-state index contributed by atoms with van der Waals surface area (Å²) in [5, 5.41) is 10.1. The summed E-state index contributed by atoms with van der Waals surface area (Å²) in [5.41, 5.74) is 0.883. The Kier molecular flexibility index (Phi) is 6.03. The lowest BCUT2D eigenvalue weighted by Crippen LogP contribution is -2.39. The van der Waals surface area contributed by atoms with Gasteiger partial charge in [-0.25, -0.2) is 0 Å². The van der Waals surface area contributed by atoms with Crippen molar-refractivity contribution < 1.29 is 14.6 Å². The van der Waals surface area contributed by atoms with Gasteiger partial charge < -0.3 is 14.7 Å². The predicted octanol–water partition coefficient (Wildman–Crippen LogP) is 2.62. The van der Waals surface area contributed by atoms with Crippen LogP contribution in [-0.2, 0) is 16.1 Å². The standard InChI is InChI=1S/C16H22ClNO3/c1-12(19)9-14-6-4-8-18(14)16(20)11-21-10-13-5-2-3-7-15(13)17/h2-3,5,7,12,14,19H,4,6,8-11H2,1H3. The van der Waals surface area contributed by atoms with E-state index in [1.54, 1.807) is 13.0 Å². The van der Waals surface area contributed by atoms with E-state index in [-0.39, 0.29) is 24.7 Å². The summed E-state index contributed by atoms with van der Waals surface area (Å²) in [5.74, 6) is -0.00907. The zero-order chi connectivity index (χ0) is 15.2. The van der Waals surface area contributed by atoms with Crippen LogP contribution in [0, 0.1) is 0 Å². The predicted molar refractivity (Wildman–Crippen MR) is 82.1 cm³/mol. The Hall–Kier alpha value is -1.10. The van der Waals surface area contributed by atoms with E-state index in [1.807, 2.05) is 23.1 Å². The van der Waals surface area contributed by atoms with E-state index in [0.29, 0.717) is 18.1 Å². The van der Waals surface area contributed by atoms with Crippen LogP contribution in [0.4, 0.5) is 0 Å². The summed E-state index contributed by atoms with van der Waals surface area (Å²) in [6, 6.07) is 7.59. The largest absolute Gasteiger partial charge is 0.393 e. The normalized spacial score (nSPS) is 19.8. The minimum atomic E-state index is -0.382. The van der Waals surface area contributed by atoms with Crippen LogP contribution in [0.5, 0.6) is 0 Å². The van der Waals surface area contributed by atoms with E-state index in [9.17, 15) is 9.90 Å². The number of hydrogen-bond acceptors (Lipinski definition) is 3. The monoisotopic (exact) mass is 311 g/mol. The van der Waals surface area contributed by atoms with Crippen molar-refractivity contribution >= 4 is 17.5 Å². The lowest BCUT2D eigenvalue weighted by atomic mass is 10.1. The van der Waals surface area contributed by atoms with Crippen LogP contribution in [0.2, 0.25) is 5.02 Å². The van der Waals surface area contributed by atoms with Gasteiger partial charge in [0.1, 0.15) is 6.61 Å². The Morgan fingerprint density at radius 1 is 1.52 bits per heavy atom. The Bertz CT molecular complexity index is 478. The van der Waals surface area contributed by atoms with Crippen molar-refractivity contribution in [2.45, 2.75) is 44.9 Å². The molecule has 1 amide bonds. The minimum Gasteiger partial charge on any atom is -0.393 e. The third-order valence-corrected chi connectivity index (χ3v) is 4.12. The number of carbonyl (C=O) groups excluding carboxylic acids is 1. The summed E-state index contributed by atoms with van der Waals surface area (Å²) in [6.45, 7) is 2.91. The Morgan fingerprint density at radius 3 is 3.00 bits per heavy atom. The van der Waals surface area contributed by atoms with Crippen molar-refractivity contribution in [3.8, 4) is 0 Å². The maximum absolute atomic E-state index is 12.2. The fourth-order valence-electron chi connectivity index (χ4n) is 2.75. The highest BCUT2D eigenvalue weighted by Crippen LogP contribution is 2.22. The first-order valence-electron chi connectivity index (χ1n) is 7.36. The maximum atomic E-state index is 12.2. The molecule has 2 rings (SSSR count). The zero-order valence-corrected chi connectivity index (χ0v) is 13.1. The van der Waals surface area contributed by atoms with Gasteiger partial charge in [0.05, 0.1) is 12.7 Å². The van der Waals surface area contributed by atoms with Crippen LogP contribution >= 0.6 is 11.6 Å². The molecule has 1 fully saturated rings. The number of benzene rings is 1. The number of likely N-dealkylation sites (tertiary alicyclic amines) is 1. The fraction of sp³-hybridized carbons (Fsp3) is 0.562. The topological polar surface area (TPSA) is 49.8 Å². The van der Waals surface area contributed by atoms with E-state index in [0.717, 1.165) is 24.9 Å². The first kappa shape index (κ1) is 16.3. The highest BCUT2D eigenvalue weighted by molar-refractivity contribution is 6.31. The molecule has 0 radical (unpaired) electrons. The molecule has 1 aromatic carbocycles. The summed E-state index contributed by atoms with van der Waals surface area (Å²) in [6.07, 6.45) is 2.21. The average molecular weight is 312 g/mol. The number of aliphatic hydroxyl groups is 1. The Morgan fingerprint density at radius 2 is 2.29 bits per heavy atom. The summed E-state index contributed by atoms with van der Waals surface area (Å²) >= 11 is 6.04. The zero-order valence-electron chi connectivity index (χ0n) is 12.3. The molecule has 4 nitrogen and oxygen atoms in total. The van der Waals surface area contributed by atoms with E-state index in [1.165, 1.54) is 0 Å². The van der Waals surface area contributed by atoms with Gasteiger partial charge in [-0.05, 0) is 37.8 Å². The molecular weight excluding hydrogens is 290 g/mol. The lowest BCUT2D eigenvalue weighted by Gasteiger charge is -2.25. The number of ether oxygens (including phenoxy) is 1. The minimum absolute atomic E-state index is 0.00907. The number of halogens is 1. The van der Waals surface area contributed by atoms with Crippen LogP contribution in [-0.4, -0.2) is 41.2 Å². The van der Waals surface area contributed by atoms with Crippen LogP contribution in [0.25, 0.3) is 0 Å². The van der Waals surface area contributed by atoms with Crippen molar-refractivity contribution in [1.29, 1.82) is 0 Å². The van der Waals surface area contributed by atoms with Gasteiger partial charge in [0.25, 0.3) is 0 Å². The van der Waals surface area contributed by atoms with Gasteiger partial charge in [-0.15, -0.1) is 0 Å². The molecule has 21 heavy (non-hydrogen) atoms. The number of amides is 1. The molecule has 116 valence electrons. The third-order valence-electron chi connectivity index (χ3n) is 3.75. The molecule has 0 spiro atoms. The molecule has 0 bridgehead atoms. The number of carbonyl (C=O) groups is 1. The van der Waals surface area contributed by atoms with E-state index in [2.05, 4.69) is 0 Å². The molecule has 0 saturated carbocycles. The molecule has 1 N–H and O–H groups in total. The quantitative estimate of drug-likeness (QED) is 0.878. The number of rotatable bonds is 6. The van der Waals surface area contributed by atoms with Gasteiger partial charge in [0.2, 0.25) is 5.91 Å². The molecule has 1 aliphatic heterocycles. The molecule has 0 aromatic heterocycles. The van der Waals surface area contributed by atoms with Crippen molar-refractivity contribution in [3.63, 3.8) is 0 Å². The van der Waals surface area contributed by atoms with Gasteiger partial charge in [0, 0.05) is 17.6 Å². The van der Waals surface area contributed by atoms with Gasteiger partial charge >= 0.3 is 0 Å². The van der Waals surface area contributed by atoms with Crippen LogP contribution in [0.15, 0.2) is 24.3 Å². The highest BCUT2D eigenvalue weighted by Gasteiger charge is 2.29. The second-order valence-electron chi connectivity index (χ2n) is 5.55. The van der Waals surface area contributed by atoms with Crippen molar-refractivity contribution in [3.05, 3.63) is 34.9 Å². The van der Waals surface area contributed by atoms with Crippen molar-refractivity contribution in [1.82, 2.24) is 4.90 Å². The third kappa shape index (κ3) is 4.70. The summed E-state index contributed by atoms with van der Waals surface area (Å²) in [4.78, 5) is 14.0. The summed E-state index contributed by atoms with van der Waals surface area (Å²) < 4.78 is 5.49. The van der Waals surface area contributed by atoms with Gasteiger partial charge in [-0.1, -0.05) is 29.8 Å². The molecule has 1 heterocycles. The van der Waals surface area contributed by atoms with E-state index >= 15 is 0 Å². The molecule has 2 atom stereocenters. The van der Waals surface area contributed by atoms with Gasteiger partial charge in [-0.3, -0.25) is 4.79 Å². The van der Waals surface area contributed by atoms with Crippen LogP contribution in [0.1, 0.15) is 31.7 Å². The second-order valence-corrected chi connectivity index (χ2v) is 5.96. The smallest absolute Gasteiger partial charge is 0.248 e. The number of hydrogen-bond donors (Lipinski definition) is 1. The molecule has 5 heteroatoms. The highest BCUT2D eigenvalue weighted by atomic mass is 35.5. The average Bonchev–Trinajstić information content (AvgIpc) is 2.88. The molecular formula is C16H22ClNO3. The van der Waals surface area contributed by atoms with Crippen LogP contribution in [0.3, 0.4) is 0 Å². The number of nitrogens with zero attached hydrogens (tertiary/aromatic N) is 1. The SMILES string of the molecule is CC(O)CC1CCCN1C(=O)COCc1ccccc1Cl. The van der Waals surface area contributed by atoms with Gasteiger partial charge in [0.15, 0.2) is 0 Å². The maximum Gasteiger partial charge on any atom is 0.248 e. The first-order valence-corrected chi connectivity index (χ1v) is 7.74. The molecule has 2 unspecified atom stereocenters. The Labute approximate surface area is 130 Å².